The van der Waals surface area contributed by atoms with Crippen LogP contribution in [0.2, 0.25) is 0 Å². The third kappa shape index (κ3) is 41.4. The number of esters is 3. The molecular formula is C47H90O6. The lowest BCUT2D eigenvalue weighted by Gasteiger charge is -2.18. The highest BCUT2D eigenvalue weighted by Crippen LogP contribution is 2.16. The molecule has 0 radical (unpaired) electrons. The highest BCUT2D eigenvalue weighted by atomic mass is 16.6. The summed E-state index contributed by atoms with van der Waals surface area (Å²) in [5, 5.41) is 0. The van der Waals surface area contributed by atoms with Crippen LogP contribution in [0.5, 0.6) is 0 Å². The minimum absolute atomic E-state index is 0.0649. The Morgan fingerprint density at radius 1 is 0.358 bits per heavy atom. The predicted molar refractivity (Wildman–Crippen MR) is 224 cm³/mol. The minimum Gasteiger partial charge on any atom is -0.462 e. The van der Waals surface area contributed by atoms with E-state index in [1.165, 1.54) is 141 Å². The molecule has 314 valence electrons. The van der Waals surface area contributed by atoms with Crippen molar-refractivity contribution < 1.29 is 28.6 Å². The fourth-order valence-electron chi connectivity index (χ4n) is 6.93. The summed E-state index contributed by atoms with van der Waals surface area (Å²) in [5.74, 6) is 0.776. The third-order valence-corrected chi connectivity index (χ3v) is 10.5. The van der Waals surface area contributed by atoms with Gasteiger partial charge in [-0.15, -0.1) is 0 Å². The van der Waals surface area contributed by atoms with Gasteiger partial charge in [-0.3, -0.25) is 14.4 Å². The van der Waals surface area contributed by atoms with Crippen molar-refractivity contribution in [3.8, 4) is 0 Å². The van der Waals surface area contributed by atoms with Crippen molar-refractivity contribution in [2.24, 2.45) is 11.8 Å². The van der Waals surface area contributed by atoms with Gasteiger partial charge in [-0.1, -0.05) is 214 Å². The van der Waals surface area contributed by atoms with E-state index in [2.05, 4.69) is 34.6 Å². The first-order chi connectivity index (χ1) is 25.7. The van der Waals surface area contributed by atoms with Gasteiger partial charge in [-0.25, -0.2) is 0 Å². The minimum atomic E-state index is -0.760. The van der Waals surface area contributed by atoms with Gasteiger partial charge < -0.3 is 14.2 Å². The zero-order valence-corrected chi connectivity index (χ0v) is 36.1. The van der Waals surface area contributed by atoms with E-state index in [0.29, 0.717) is 19.3 Å². The molecule has 0 aliphatic heterocycles. The van der Waals surface area contributed by atoms with Gasteiger partial charge in [-0.05, 0) is 31.1 Å². The molecule has 1 atom stereocenters. The van der Waals surface area contributed by atoms with E-state index in [9.17, 15) is 14.4 Å². The van der Waals surface area contributed by atoms with E-state index in [0.717, 1.165) is 69.6 Å². The maximum absolute atomic E-state index is 12.7. The number of carbonyl (C=O) groups is 3. The number of ether oxygens (including phenoxy) is 3. The quantitative estimate of drug-likeness (QED) is 0.0352. The fraction of sp³-hybridized carbons (Fsp3) is 0.936. The van der Waals surface area contributed by atoms with Crippen LogP contribution in [-0.2, 0) is 28.6 Å². The van der Waals surface area contributed by atoms with Gasteiger partial charge in [0.15, 0.2) is 6.10 Å². The predicted octanol–water partition coefficient (Wildman–Crippen LogP) is 14.6. The summed E-state index contributed by atoms with van der Waals surface area (Å²) in [7, 11) is 0. The fourth-order valence-corrected chi connectivity index (χ4v) is 6.93. The van der Waals surface area contributed by atoms with Crippen LogP contribution in [0.3, 0.4) is 0 Å². The summed E-state index contributed by atoms with van der Waals surface area (Å²) in [6.07, 6.45) is 38.0. The molecule has 0 spiro atoms. The lowest BCUT2D eigenvalue weighted by Crippen LogP contribution is -2.30. The van der Waals surface area contributed by atoms with Crippen LogP contribution in [0.25, 0.3) is 0 Å². The zero-order valence-electron chi connectivity index (χ0n) is 36.1. The molecule has 53 heavy (non-hydrogen) atoms. The summed E-state index contributed by atoms with van der Waals surface area (Å²) >= 11 is 0. The molecule has 0 saturated carbocycles. The van der Waals surface area contributed by atoms with Crippen LogP contribution in [0, 0.1) is 11.8 Å². The smallest absolute Gasteiger partial charge is 0.306 e. The molecule has 0 fully saturated rings. The molecule has 0 aromatic rings. The molecule has 0 N–H and O–H groups in total. The Labute approximate surface area is 329 Å². The standard InChI is InChI=1S/C47H90O6/c1-6-7-8-9-10-15-24-29-34-39-47(50)53-44(41-52-46(49)38-33-28-23-19-14-17-21-26-31-36-43(4)5)40-51-45(48)37-32-27-22-18-13-11-12-16-20-25-30-35-42(2)3/h42-44H,6-41H2,1-5H3/t44-/m0/s1. The van der Waals surface area contributed by atoms with Crippen molar-refractivity contribution in [3.05, 3.63) is 0 Å². The molecule has 0 aliphatic rings. The molecule has 0 aromatic heterocycles. The molecule has 0 saturated heterocycles. The first-order valence-electron chi connectivity index (χ1n) is 23.2. The van der Waals surface area contributed by atoms with Gasteiger partial charge in [0.05, 0.1) is 0 Å². The molecule has 0 unspecified atom stereocenters. The SMILES string of the molecule is CCCCCCCCCCCC(=O)O[C@@H](COC(=O)CCCCCCCCCCCCCC(C)C)COC(=O)CCCCCCCCCCCC(C)C. The van der Waals surface area contributed by atoms with E-state index in [1.807, 2.05) is 0 Å². The van der Waals surface area contributed by atoms with E-state index in [1.54, 1.807) is 0 Å². The molecule has 6 heteroatoms. The van der Waals surface area contributed by atoms with Crippen LogP contribution < -0.4 is 0 Å². The van der Waals surface area contributed by atoms with Crippen LogP contribution in [0.4, 0.5) is 0 Å². The average Bonchev–Trinajstić information content (AvgIpc) is 3.12. The largest absolute Gasteiger partial charge is 0.462 e. The van der Waals surface area contributed by atoms with Crippen molar-refractivity contribution in [3.63, 3.8) is 0 Å². The monoisotopic (exact) mass is 751 g/mol. The highest BCUT2D eigenvalue weighted by Gasteiger charge is 2.19. The number of rotatable bonds is 41. The van der Waals surface area contributed by atoms with Gasteiger partial charge in [0, 0.05) is 19.3 Å². The summed E-state index contributed by atoms with van der Waals surface area (Å²) in [6.45, 7) is 11.3. The number of hydrogen-bond acceptors (Lipinski definition) is 6. The molecule has 0 amide bonds. The first-order valence-corrected chi connectivity index (χ1v) is 23.2. The molecule has 0 aromatic carbocycles. The van der Waals surface area contributed by atoms with Gasteiger partial charge in [0.2, 0.25) is 0 Å². The van der Waals surface area contributed by atoms with Crippen molar-refractivity contribution >= 4 is 17.9 Å². The van der Waals surface area contributed by atoms with Crippen LogP contribution in [0.1, 0.15) is 253 Å². The van der Waals surface area contributed by atoms with Crippen LogP contribution in [0.15, 0.2) is 0 Å². The van der Waals surface area contributed by atoms with Crippen LogP contribution >= 0.6 is 0 Å². The lowest BCUT2D eigenvalue weighted by molar-refractivity contribution is -0.167. The van der Waals surface area contributed by atoms with Crippen LogP contribution in [-0.4, -0.2) is 37.2 Å². The number of hydrogen-bond donors (Lipinski definition) is 0. The summed E-state index contributed by atoms with van der Waals surface area (Å²) in [6, 6.07) is 0. The van der Waals surface area contributed by atoms with Gasteiger partial charge in [-0.2, -0.15) is 0 Å². The van der Waals surface area contributed by atoms with E-state index in [4.69, 9.17) is 14.2 Å². The summed E-state index contributed by atoms with van der Waals surface area (Å²) in [5.41, 5.74) is 0. The molecule has 0 rings (SSSR count). The molecular weight excluding hydrogens is 661 g/mol. The summed E-state index contributed by atoms with van der Waals surface area (Å²) < 4.78 is 16.7. The summed E-state index contributed by atoms with van der Waals surface area (Å²) in [4.78, 5) is 37.7. The molecule has 0 heterocycles. The second-order valence-electron chi connectivity index (χ2n) is 17.0. The Kier molecular flexibility index (Phi) is 38.9. The number of unbranched alkanes of at least 4 members (excludes halogenated alkanes) is 26. The van der Waals surface area contributed by atoms with Crippen molar-refractivity contribution in [1.82, 2.24) is 0 Å². The van der Waals surface area contributed by atoms with Gasteiger partial charge in [0.1, 0.15) is 13.2 Å². The van der Waals surface area contributed by atoms with Gasteiger partial charge in [0.25, 0.3) is 0 Å². The Hall–Kier alpha value is -1.59. The first kappa shape index (κ1) is 51.4. The topological polar surface area (TPSA) is 78.9 Å². The maximum atomic E-state index is 12.7. The Morgan fingerprint density at radius 2 is 0.623 bits per heavy atom. The second kappa shape index (κ2) is 40.1. The molecule has 0 bridgehead atoms. The maximum Gasteiger partial charge on any atom is 0.306 e. The Bertz CT molecular complexity index is 809. The van der Waals surface area contributed by atoms with E-state index < -0.39 is 6.10 Å². The average molecular weight is 751 g/mol. The van der Waals surface area contributed by atoms with Gasteiger partial charge >= 0.3 is 17.9 Å². The lowest BCUT2D eigenvalue weighted by atomic mass is 10.0. The van der Waals surface area contributed by atoms with Crippen molar-refractivity contribution in [2.75, 3.05) is 13.2 Å². The second-order valence-corrected chi connectivity index (χ2v) is 17.0. The van der Waals surface area contributed by atoms with Crippen molar-refractivity contribution in [2.45, 2.75) is 259 Å². The van der Waals surface area contributed by atoms with E-state index in [-0.39, 0.29) is 31.1 Å². The molecule has 6 nitrogen and oxygen atoms in total. The Morgan fingerprint density at radius 3 is 0.925 bits per heavy atom. The third-order valence-electron chi connectivity index (χ3n) is 10.5. The Balaban J connectivity index is 4.29. The highest BCUT2D eigenvalue weighted by molar-refractivity contribution is 5.71. The normalized spacial score (nSPS) is 12.1. The number of carbonyl (C=O) groups excluding carboxylic acids is 3. The van der Waals surface area contributed by atoms with Crippen molar-refractivity contribution in [1.29, 1.82) is 0 Å². The molecule has 0 aliphatic carbocycles. The zero-order chi connectivity index (χ0) is 39.0. The van der Waals surface area contributed by atoms with E-state index >= 15 is 0 Å².